The number of ether oxygens (including phenoxy) is 1. The maximum absolute atomic E-state index is 12.6. The van der Waals surface area contributed by atoms with Gasteiger partial charge in [-0.2, -0.15) is 4.31 Å². The van der Waals surface area contributed by atoms with Gasteiger partial charge in [0.1, 0.15) is 4.88 Å². The molecule has 1 N–H and O–H groups in total. The Hall–Kier alpha value is -2.56. The van der Waals surface area contributed by atoms with Crippen LogP contribution in [0.3, 0.4) is 0 Å². The Kier molecular flexibility index (Phi) is 6.47. The number of rotatable bonds is 7. The number of hydrogen-bond acceptors (Lipinski definition) is 7. The Balaban J connectivity index is 2.10. The molecule has 2 rings (SSSR count). The van der Waals surface area contributed by atoms with Gasteiger partial charge in [0.15, 0.2) is 5.78 Å². The average molecular weight is 410 g/mol. The molecule has 0 aliphatic carbocycles. The Morgan fingerprint density at radius 3 is 2.33 bits per heavy atom. The van der Waals surface area contributed by atoms with Crippen molar-refractivity contribution < 1.29 is 27.5 Å². The molecule has 2 aromatic rings. The Morgan fingerprint density at radius 2 is 1.78 bits per heavy atom. The zero-order chi connectivity index (χ0) is 20.2. The van der Waals surface area contributed by atoms with Crippen molar-refractivity contribution in [3.63, 3.8) is 0 Å². The van der Waals surface area contributed by atoms with E-state index in [9.17, 15) is 22.8 Å². The predicted octanol–water partition coefficient (Wildman–Crippen LogP) is 2.00. The molecule has 27 heavy (non-hydrogen) atoms. The molecule has 0 atom stereocenters. The second-order valence-electron chi connectivity index (χ2n) is 5.54. The van der Waals surface area contributed by atoms with Gasteiger partial charge in [0.05, 0.1) is 24.2 Å². The normalized spacial score (nSPS) is 11.3. The molecule has 1 aromatic carbocycles. The molecule has 1 aromatic heterocycles. The number of anilines is 1. The number of amides is 1. The van der Waals surface area contributed by atoms with E-state index in [0.29, 0.717) is 5.56 Å². The topological polar surface area (TPSA) is 110 Å². The molecule has 0 spiro atoms. The molecule has 0 fully saturated rings. The van der Waals surface area contributed by atoms with E-state index in [1.807, 2.05) is 0 Å². The van der Waals surface area contributed by atoms with Crippen LogP contribution in [0.5, 0.6) is 0 Å². The SMILES string of the molecule is COC(=O)c1sccc1NC(=O)CN(C)S(=O)(=O)c1ccc(C(C)=O)cc1. The summed E-state index contributed by atoms with van der Waals surface area (Å²) in [5.74, 6) is -1.37. The van der Waals surface area contributed by atoms with Crippen LogP contribution in [-0.2, 0) is 19.6 Å². The fraction of sp³-hybridized carbons (Fsp3) is 0.235. The minimum Gasteiger partial charge on any atom is -0.465 e. The summed E-state index contributed by atoms with van der Waals surface area (Å²) < 4.78 is 30.6. The number of nitrogens with zero attached hydrogens (tertiary/aromatic N) is 1. The summed E-state index contributed by atoms with van der Waals surface area (Å²) in [7, 11) is -1.42. The van der Waals surface area contributed by atoms with Gasteiger partial charge in [-0.15, -0.1) is 11.3 Å². The summed E-state index contributed by atoms with van der Waals surface area (Å²) in [6, 6.07) is 6.99. The summed E-state index contributed by atoms with van der Waals surface area (Å²) in [5.41, 5.74) is 0.649. The van der Waals surface area contributed by atoms with Crippen molar-refractivity contribution in [1.82, 2.24) is 4.31 Å². The average Bonchev–Trinajstić information content (AvgIpc) is 3.08. The molecule has 0 bridgehead atoms. The number of thiophene rings is 1. The number of Topliss-reactive ketones (excluding diaryl/α,β-unsaturated/α-hetero) is 1. The molecule has 1 heterocycles. The van der Waals surface area contributed by atoms with Crippen molar-refractivity contribution in [2.24, 2.45) is 0 Å². The van der Waals surface area contributed by atoms with Gasteiger partial charge >= 0.3 is 5.97 Å². The highest BCUT2D eigenvalue weighted by Crippen LogP contribution is 2.23. The van der Waals surface area contributed by atoms with Crippen LogP contribution in [-0.4, -0.2) is 51.1 Å². The first-order valence-corrected chi connectivity index (χ1v) is 10.0. The highest BCUT2D eigenvalue weighted by molar-refractivity contribution is 7.89. The van der Waals surface area contributed by atoms with Gasteiger partial charge in [-0.1, -0.05) is 12.1 Å². The monoisotopic (exact) mass is 410 g/mol. The zero-order valence-corrected chi connectivity index (χ0v) is 16.5. The molecular weight excluding hydrogens is 392 g/mol. The van der Waals surface area contributed by atoms with Gasteiger partial charge < -0.3 is 10.1 Å². The largest absolute Gasteiger partial charge is 0.465 e. The summed E-state index contributed by atoms with van der Waals surface area (Å²) in [6.45, 7) is 0.931. The van der Waals surface area contributed by atoms with Gasteiger partial charge in [0, 0.05) is 12.6 Å². The van der Waals surface area contributed by atoms with Crippen LogP contribution in [0.25, 0.3) is 0 Å². The number of nitrogens with one attached hydrogen (secondary N) is 1. The number of carbonyl (C=O) groups excluding carboxylic acids is 3. The van der Waals surface area contributed by atoms with E-state index in [0.717, 1.165) is 15.6 Å². The van der Waals surface area contributed by atoms with E-state index in [2.05, 4.69) is 10.1 Å². The highest BCUT2D eigenvalue weighted by Gasteiger charge is 2.24. The standard InChI is InChI=1S/C17H18N2O6S2/c1-11(20)12-4-6-13(7-5-12)27(23,24)19(2)10-15(21)18-14-8-9-26-16(14)17(22)25-3/h4-9H,10H2,1-3H3,(H,18,21). The van der Waals surface area contributed by atoms with Crippen molar-refractivity contribution in [2.75, 3.05) is 26.0 Å². The minimum absolute atomic E-state index is 0.0337. The minimum atomic E-state index is -3.91. The van der Waals surface area contributed by atoms with E-state index < -0.39 is 28.4 Å². The molecule has 8 nitrogen and oxygen atoms in total. The van der Waals surface area contributed by atoms with Crippen molar-refractivity contribution in [3.8, 4) is 0 Å². The molecule has 1 amide bonds. The summed E-state index contributed by atoms with van der Waals surface area (Å²) >= 11 is 1.10. The molecule has 0 unspecified atom stereocenters. The molecule has 10 heteroatoms. The van der Waals surface area contributed by atoms with Crippen molar-refractivity contribution in [1.29, 1.82) is 0 Å². The van der Waals surface area contributed by atoms with E-state index >= 15 is 0 Å². The van der Waals surface area contributed by atoms with Crippen LogP contribution in [0.15, 0.2) is 40.6 Å². The molecule has 0 saturated heterocycles. The number of benzene rings is 1. The van der Waals surface area contributed by atoms with E-state index in [-0.39, 0.29) is 21.2 Å². The molecule has 144 valence electrons. The smallest absolute Gasteiger partial charge is 0.350 e. The van der Waals surface area contributed by atoms with Crippen LogP contribution >= 0.6 is 11.3 Å². The maximum atomic E-state index is 12.6. The Bertz CT molecular complexity index is 964. The fourth-order valence-electron chi connectivity index (χ4n) is 2.18. The Labute approximate surface area is 160 Å². The zero-order valence-electron chi connectivity index (χ0n) is 14.9. The third-order valence-electron chi connectivity index (χ3n) is 3.65. The van der Waals surface area contributed by atoms with Crippen LogP contribution in [0.4, 0.5) is 5.69 Å². The van der Waals surface area contributed by atoms with Crippen LogP contribution in [0.2, 0.25) is 0 Å². The molecule has 0 saturated carbocycles. The van der Waals surface area contributed by atoms with Crippen LogP contribution in [0, 0.1) is 0 Å². The number of esters is 1. The van der Waals surface area contributed by atoms with Crippen LogP contribution in [0.1, 0.15) is 27.0 Å². The third-order valence-corrected chi connectivity index (χ3v) is 6.36. The molecule has 0 aliphatic heterocycles. The molecule has 0 radical (unpaired) electrons. The van der Waals surface area contributed by atoms with Crippen molar-refractivity contribution in [3.05, 3.63) is 46.2 Å². The number of ketones is 1. The maximum Gasteiger partial charge on any atom is 0.350 e. The van der Waals surface area contributed by atoms with E-state index in [1.54, 1.807) is 5.38 Å². The second-order valence-corrected chi connectivity index (χ2v) is 8.51. The fourth-order valence-corrected chi connectivity index (χ4v) is 4.07. The first kappa shape index (κ1) is 20.7. The quantitative estimate of drug-likeness (QED) is 0.552. The van der Waals surface area contributed by atoms with E-state index in [1.165, 1.54) is 51.4 Å². The van der Waals surface area contributed by atoms with Gasteiger partial charge in [0.25, 0.3) is 0 Å². The lowest BCUT2D eigenvalue weighted by Gasteiger charge is -2.17. The first-order valence-electron chi connectivity index (χ1n) is 7.69. The molecular formula is C17H18N2O6S2. The van der Waals surface area contributed by atoms with Crippen molar-refractivity contribution >= 4 is 44.7 Å². The van der Waals surface area contributed by atoms with Gasteiger partial charge in [-0.25, -0.2) is 13.2 Å². The summed E-state index contributed by atoms with van der Waals surface area (Å²) in [5, 5.41) is 4.11. The third kappa shape index (κ3) is 4.79. The van der Waals surface area contributed by atoms with E-state index in [4.69, 9.17) is 0 Å². The highest BCUT2D eigenvalue weighted by atomic mass is 32.2. The number of methoxy groups -OCH3 is 1. The Morgan fingerprint density at radius 1 is 1.15 bits per heavy atom. The lowest BCUT2D eigenvalue weighted by atomic mass is 10.2. The lowest BCUT2D eigenvalue weighted by molar-refractivity contribution is -0.116. The lowest BCUT2D eigenvalue weighted by Crippen LogP contribution is -2.35. The number of hydrogen-bond donors (Lipinski definition) is 1. The van der Waals surface area contributed by atoms with Crippen molar-refractivity contribution in [2.45, 2.75) is 11.8 Å². The second kappa shape index (κ2) is 8.42. The first-order chi connectivity index (χ1) is 12.7. The summed E-state index contributed by atoms with van der Waals surface area (Å²) in [4.78, 5) is 35.3. The van der Waals surface area contributed by atoms with Crippen LogP contribution < -0.4 is 5.32 Å². The summed E-state index contributed by atoms with van der Waals surface area (Å²) in [6.07, 6.45) is 0. The van der Waals surface area contributed by atoms with Gasteiger partial charge in [0.2, 0.25) is 15.9 Å². The van der Waals surface area contributed by atoms with Gasteiger partial charge in [-0.3, -0.25) is 9.59 Å². The number of carbonyl (C=O) groups is 3. The number of likely N-dealkylation sites (N-methyl/N-ethyl adjacent to an activating group) is 1. The van der Waals surface area contributed by atoms with Gasteiger partial charge in [-0.05, 0) is 30.5 Å². The molecule has 0 aliphatic rings. The number of sulfonamides is 1. The predicted molar refractivity (Wildman–Crippen MR) is 101 cm³/mol.